The molecule has 16 heavy (non-hydrogen) atoms. The largest absolute Gasteiger partial charge is 0.457 e. The van der Waals surface area contributed by atoms with Crippen molar-refractivity contribution in [2.45, 2.75) is 6.92 Å². The molecule has 2 aromatic rings. The van der Waals surface area contributed by atoms with Crippen LogP contribution in [0.4, 0.5) is 10.2 Å². The van der Waals surface area contributed by atoms with Crippen molar-refractivity contribution in [3.63, 3.8) is 0 Å². The van der Waals surface area contributed by atoms with E-state index >= 15 is 0 Å². The van der Waals surface area contributed by atoms with Gasteiger partial charge in [0.25, 0.3) is 0 Å². The molecule has 0 aliphatic carbocycles. The van der Waals surface area contributed by atoms with Gasteiger partial charge in [0.1, 0.15) is 11.5 Å². The third kappa shape index (κ3) is 2.31. The van der Waals surface area contributed by atoms with Gasteiger partial charge in [0.2, 0.25) is 0 Å². The minimum absolute atomic E-state index is 0.459. The first kappa shape index (κ1) is 10.5. The number of anilines is 1. The van der Waals surface area contributed by atoms with Crippen molar-refractivity contribution in [3.05, 3.63) is 54.1 Å². The van der Waals surface area contributed by atoms with E-state index in [1.807, 2.05) is 37.3 Å². The molecule has 0 fully saturated rings. The lowest BCUT2D eigenvalue weighted by molar-refractivity contribution is 0.482. The monoisotopic (exact) mass is 217 g/mol. The number of benzene rings is 2. The van der Waals surface area contributed by atoms with Crippen LogP contribution < -0.4 is 10.3 Å². The third-order valence-electron chi connectivity index (χ3n) is 2.28. The molecule has 0 aromatic heterocycles. The van der Waals surface area contributed by atoms with Crippen LogP contribution in [0.25, 0.3) is 0 Å². The maximum atomic E-state index is 12.3. The maximum Gasteiger partial charge on any atom is 0.127 e. The lowest BCUT2D eigenvalue weighted by atomic mass is 10.2. The highest BCUT2D eigenvalue weighted by Crippen LogP contribution is 2.25. The fourth-order valence-corrected chi connectivity index (χ4v) is 1.43. The van der Waals surface area contributed by atoms with E-state index in [9.17, 15) is 4.48 Å². The van der Waals surface area contributed by atoms with Crippen LogP contribution in [0.3, 0.4) is 0 Å². The molecule has 2 nitrogen and oxygen atoms in total. The normalized spacial score (nSPS) is 9.88. The summed E-state index contributed by atoms with van der Waals surface area (Å²) in [5.41, 5.74) is 2.89. The average Bonchev–Trinajstić information content (AvgIpc) is 2.31. The summed E-state index contributed by atoms with van der Waals surface area (Å²) < 4.78 is 17.9. The van der Waals surface area contributed by atoms with Crippen LogP contribution in [0.2, 0.25) is 0 Å². The predicted octanol–water partition coefficient (Wildman–Crippen LogP) is 4.08. The molecule has 0 atom stereocenters. The van der Waals surface area contributed by atoms with Gasteiger partial charge in [-0.05, 0) is 42.8 Å². The predicted molar refractivity (Wildman–Crippen MR) is 62.4 cm³/mol. The van der Waals surface area contributed by atoms with Crippen molar-refractivity contribution in [1.29, 1.82) is 0 Å². The standard InChI is InChI=1S/C13H12FNO/c1-10-9-12(7-8-13(10)15-14)16-11-5-3-2-4-6-11/h2-9,15H,1H3. The summed E-state index contributed by atoms with van der Waals surface area (Å²) in [5, 5.41) is 0. The Morgan fingerprint density at radius 2 is 1.75 bits per heavy atom. The Labute approximate surface area is 93.6 Å². The minimum atomic E-state index is 0.459. The van der Waals surface area contributed by atoms with Gasteiger partial charge in [-0.15, -0.1) is 4.48 Å². The highest BCUT2D eigenvalue weighted by molar-refractivity contribution is 5.52. The zero-order chi connectivity index (χ0) is 11.4. The van der Waals surface area contributed by atoms with Crippen LogP contribution >= 0.6 is 0 Å². The number of para-hydroxylation sites is 1. The van der Waals surface area contributed by atoms with Gasteiger partial charge in [0.15, 0.2) is 0 Å². The number of ether oxygens (including phenoxy) is 1. The first-order chi connectivity index (χ1) is 7.79. The van der Waals surface area contributed by atoms with E-state index in [0.29, 0.717) is 11.4 Å². The summed E-state index contributed by atoms with van der Waals surface area (Å²) in [4.78, 5) is 0. The Bertz CT molecular complexity index is 471. The van der Waals surface area contributed by atoms with Crippen molar-refractivity contribution in [2.24, 2.45) is 0 Å². The lowest BCUT2D eigenvalue weighted by Crippen LogP contribution is -1.89. The molecule has 0 aliphatic heterocycles. The zero-order valence-electron chi connectivity index (χ0n) is 8.91. The highest BCUT2D eigenvalue weighted by atomic mass is 19.2. The molecule has 2 aromatic carbocycles. The molecule has 1 N–H and O–H groups in total. The number of hydrogen-bond donors (Lipinski definition) is 1. The first-order valence-corrected chi connectivity index (χ1v) is 5.00. The van der Waals surface area contributed by atoms with Crippen LogP contribution in [0.15, 0.2) is 48.5 Å². The van der Waals surface area contributed by atoms with Gasteiger partial charge in [0.05, 0.1) is 5.69 Å². The topological polar surface area (TPSA) is 21.3 Å². The number of rotatable bonds is 3. The molecule has 0 spiro atoms. The summed E-state index contributed by atoms with van der Waals surface area (Å²) in [6.07, 6.45) is 0. The number of hydrogen-bond acceptors (Lipinski definition) is 2. The summed E-state index contributed by atoms with van der Waals surface area (Å²) >= 11 is 0. The molecule has 0 aliphatic rings. The van der Waals surface area contributed by atoms with Crippen molar-refractivity contribution >= 4 is 5.69 Å². The molecule has 0 bridgehead atoms. The van der Waals surface area contributed by atoms with Crippen LogP contribution in [-0.2, 0) is 0 Å². The molecular weight excluding hydrogens is 205 g/mol. The Morgan fingerprint density at radius 3 is 2.38 bits per heavy atom. The molecule has 82 valence electrons. The maximum absolute atomic E-state index is 12.3. The van der Waals surface area contributed by atoms with Crippen LogP contribution in [0.5, 0.6) is 11.5 Å². The molecule has 0 unspecified atom stereocenters. The van der Waals surface area contributed by atoms with Crippen molar-refractivity contribution in [3.8, 4) is 11.5 Å². The van der Waals surface area contributed by atoms with Gasteiger partial charge >= 0.3 is 0 Å². The second kappa shape index (κ2) is 4.66. The minimum Gasteiger partial charge on any atom is -0.457 e. The lowest BCUT2D eigenvalue weighted by Gasteiger charge is -2.08. The second-order valence-corrected chi connectivity index (χ2v) is 3.49. The van der Waals surface area contributed by atoms with E-state index in [4.69, 9.17) is 4.74 Å². The van der Waals surface area contributed by atoms with E-state index in [-0.39, 0.29) is 0 Å². The molecule has 0 radical (unpaired) electrons. The van der Waals surface area contributed by atoms with Crippen LogP contribution in [0, 0.1) is 6.92 Å². The summed E-state index contributed by atoms with van der Waals surface area (Å²) in [7, 11) is 0. The Hall–Kier alpha value is -2.03. The molecule has 0 saturated heterocycles. The van der Waals surface area contributed by atoms with Gasteiger partial charge in [-0.25, -0.2) is 5.54 Å². The van der Waals surface area contributed by atoms with E-state index in [2.05, 4.69) is 0 Å². The quantitative estimate of drug-likeness (QED) is 0.782. The van der Waals surface area contributed by atoms with Gasteiger partial charge in [-0.2, -0.15) is 0 Å². The number of nitrogens with one attached hydrogen (secondary N) is 1. The summed E-state index contributed by atoms with van der Waals surface area (Å²) in [5.74, 6) is 1.46. The van der Waals surface area contributed by atoms with Gasteiger partial charge in [-0.1, -0.05) is 18.2 Å². The molecular formula is C13H12FNO. The van der Waals surface area contributed by atoms with Crippen molar-refractivity contribution < 1.29 is 9.22 Å². The van der Waals surface area contributed by atoms with Crippen molar-refractivity contribution in [2.75, 3.05) is 5.54 Å². The molecule has 2 rings (SSSR count). The zero-order valence-corrected chi connectivity index (χ0v) is 8.91. The van der Waals surface area contributed by atoms with Gasteiger partial charge in [0, 0.05) is 0 Å². The average molecular weight is 217 g/mol. The van der Waals surface area contributed by atoms with Crippen LogP contribution in [-0.4, -0.2) is 0 Å². The second-order valence-electron chi connectivity index (χ2n) is 3.49. The Morgan fingerprint density at radius 1 is 1.00 bits per heavy atom. The molecule has 0 amide bonds. The molecule has 3 heteroatoms. The first-order valence-electron chi connectivity index (χ1n) is 5.00. The van der Waals surface area contributed by atoms with E-state index < -0.39 is 0 Å². The third-order valence-corrected chi connectivity index (χ3v) is 2.28. The van der Waals surface area contributed by atoms with E-state index in [0.717, 1.165) is 11.3 Å². The van der Waals surface area contributed by atoms with E-state index in [1.165, 1.54) is 0 Å². The summed E-state index contributed by atoms with van der Waals surface area (Å²) in [6.45, 7) is 1.82. The van der Waals surface area contributed by atoms with Crippen LogP contribution in [0.1, 0.15) is 5.56 Å². The highest BCUT2D eigenvalue weighted by Gasteiger charge is 2.01. The fraction of sp³-hybridized carbons (Fsp3) is 0.0769. The molecule has 0 heterocycles. The number of aryl methyl sites for hydroxylation is 1. The van der Waals surface area contributed by atoms with Crippen molar-refractivity contribution in [1.82, 2.24) is 0 Å². The van der Waals surface area contributed by atoms with E-state index in [1.54, 1.807) is 23.7 Å². The molecule has 0 saturated carbocycles. The smallest absolute Gasteiger partial charge is 0.127 e. The fourth-order valence-electron chi connectivity index (χ4n) is 1.43. The van der Waals surface area contributed by atoms with Gasteiger partial charge < -0.3 is 4.74 Å². The van der Waals surface area contributed by atoms with Gasteiger partial charge in [-0.3, -0.25) is 0 Å². The summed E-state index contributed by atoms with van der Waals surface area (Å²) in [6, 6.07) is 14.6. The SMILES string of the molecule is Cc1cc(Oc2ccccc2)ccc1NF. The Kier molecular flexibility index (Phi) is 3.05. The number of halogens is 1. The Balaban J connectivity index is 2.20.